The zero-order chi connectivity index (χ0) is 4.12. The van der Waals surface area contributed by atoms with Crippen LogP contribution in [0.2, 0.25) is 0 Å². The summed E-state index contributed by atoms with van der Waals surface area (Å²) in [5.41, 5.74) is 4.98. The lowest BCUT2D eigenvalue weighted by atomic mass is 10.4. The van der Waals surface area contributed by atoms with Crippen LogP contribution in [0, 0.1) is 0 Å². The first-order valence-electron chi connectivity index (χ1n) is 1.43. The molecule has 0 aliphatic carbocycles. The molecule has 0 fully saturated rings. The van der Waals surface area contributed by atoms with Crippen molar-refractivity contribution in [3.05, 3.63) is 0 Å². The predicted molar refractivity (Wildman–Crippen MR) is 28.3 cm³/mol. The number of rotatable bonds is 2. The zero-order valence-corrected chi connectivity index (χ0v) is 3.83. The van der Waals surface area contributed by atoms with Gasteiger partial charge in [-0.05, 0) is 0 Å². The molecule has 0 aliphatic heterocycles. The van der Waals surface area contributed by atoms with Gasteiger partial charge >= 0.3 is 0 Å². The van der Waals surface area contributed by atoms with Gasteiger partial charge in [-0.25, -0.2) is 12.5 Å². The maximum atomic E-state index is 4.98. The Kier molecular flexibility index (Phi) is 4.63. The Morgan fingerprint density at radius 1 is 2.00 bits per heavy atom. The number of thiol groups is 1. The molecule has 0 aromatic heterocycles. The minimum absolute atomic E-state index is 0.517. The van der Waals surface area contributed by atoms with Crippen LogP contribution < -0.4 is 11.0 Å². The number of hydrogen-bond donors (Lipinski definition) is 3. The second-order valence-electron chi connectivity index (χ2n) is 0.612. The largest absolute Gasteiger partial charge is 0.338 e. The molecule has 3 N–H and O–H groups in total. The van der Waals surface area contributed by atoms with Crippen molar-refractivity contribution in [3.8, 4) is 0 Å². The molecule has 4 heteroatoms. The normalized spacial score (nSPS) is 7.60. The van der Waals surface area contributed by atoms with Crippen LogP contribution in [0.5, 0.6) is 0 Å². The summed E-state index contributed by atoms with van der Waals surface area (Å²) in [5.74, 6) is 0. The Morgan fingerprint density at radius 3 is 2.60 bits per heavy atom. The van der Waals surface area contributed by atoms with E-state index in [-0.39, 0.29) is 0 Å². The van der Waals surface area contributed by atoms with Crippen LogP contribution in [0.15, 0.2) is 0 Å². The van der Waals surface area contributed by atoms with E-state index in [1.54, 1.807) is 0 Å². The van der Waals surface area contributed by atoms with Gasteiger partial charge in [0.05, 0.1) is 0 Å². The van der Waals surface area contributed by atoms with E-state index >= 15 is 0 Å². The molecule has 30 valence electrons. The summed E-state index contributed by atoms with van der Waals surface area (Å²) in [5, 5.41) is 2.75. The second-order valence-corrected chi connectivity index (χ2v) is 0.928. The first kappa shape index (κ1) is 5.33. The molecule has 0 unspecified atom stereocenters. The van der Waals surface area contributed by atoms with E-state index in [2.05, 4.69) is 17.7 Å². The Bertz CT molecular complexity index is 17.1. The third-order valence-corrected chi connectivity index (χ3v) is 0.480. The highest BCUT2D eigenvalue weighted by atomic mass is 32.1. The first-order chi connectivity index (χ1) is 2.41. The van der Waals surface area contributed by atoms with Crippen molar-refractivity contribution >= 4 is 19.2 Å². The molecule has 5 heavy (non-hydrogen) atoms. The number of nitrogens with one attached hydrogen (secondary N) is 1. The van der Waals surface area contributed by atoms with Crippen molar-refractivity contribution in [2.45, 2.75) is 0 Å². The highest BCUT2D eigenvalue weighted by molar-refractivity contribution is 8.06. The van der Waals surface area contributed by atoms with Gasteiger partial charge in [0.1, 0.15) is 0 Å². The summed E-state index contributed by atoms with van der Waals surface area (Å²) in [6, 6.07) is 0. The SMILES string of the molecule is NCNBS. The van der Waals surface area contributed by atoms with Gasteiger partial charge in [-0.15, -0.1) is 0 Å². The van der Waals surface area contributed by atoms with Gasteiger partial charge < -0.3 is 11.0 Å². The van der Waals surface area contributed by atoms with Crippen LogP contribution in [0.25, 0.3) is 0 Å². The van der Waals surface area contributed by atoms with Gasteiger partial charge in [0.25, 0.3) is 6.69 Å². The van der Waals surface area contributed by atoms with Crippen molar-refractivity contribution < 1.29 is 0 Å². The lowest BCUT2D eigenvalue weighted by molar-refractivity contribution is 0.969. The Labute approximate surface area is 37.7 Å². The van der Waals surface area contributed by atoms with Crippen LogP contribution in [-0.2, 0) is 0 Å². The summed E-state index contributed by atoms with van der Waals surface area (Å²) in [6.07, 6.45) is 0. The van der Waals surface area contributed by atoms with E-state index in [0.29, 0.717) is 13.4 Å². The van der Waals surface area contributed by atoms with Gasteiger partial charge in [0, 0.05) is 6.67 Å². The molecule has 2 nitrogen and oxygen atoms in total. The molecule has 0 aromatic carbocycles. The number of hydrogen-bond acceptors (Lipinski definition) is 3. The van der Waals surface area contributed by atoms with E-state index < -0.39 is 0 Å². The Hall–Kier alpha value is 0.335. The Balaban J connectivity index is 2.19. The molecule has 0 saturated heterocycles. The summed E-state index contributed by atoms with van der Waals surface area (Å²) >= 11 is 3.81. The van der Waals surface area contributed by atoms with E-state index in [4.69, 9.17) is 5.73 Å². The third kappa shape index (κ3) is 4.33. The maximum absolute atomic E-state index is 4.98. The summed E-state index contributed by atoms with van der Waals surface area (Å²) in [4.78, 5) is 0. The van der Waals surface area contributed by atoms with Gasteiger partial charge in [-0.2, -0.15) is 0 Å². The summed E-state index contributed by atoms with van der Waals surface area (Å²) in [6.45, 7) is 1.18. The van der Waals surface area contributed by atoms with E-state index in [1.807, 2.05) is 0 Å². The van der Waals surface area contributed by atoms with Crippen molar-refractivity contribution in [3.63, 3.8) is 0 Å². The van der Waals surface area contributed by atoms with Gasteiger partial charge in [0.2, 0.25) is 0 Å². The van der Waals surface area contributed by atoms with Crippen LogP contribution in [-0.4, -0.2) is 13.4 Å². The Morgan fingerprint density at radius 2 is 2.60 bits per heavy atom. The fourth-order valence-corrected chi connectivity index (χ4v) is 0.194. The quantitative estimate of drug-likeness (QED) is 0.224. The van der Waals surface area contributed by atoms with Gasteiger partial charge in [-0.3, -0.25) is 0 Å². The lowest BCUT2D eigenvalue weighted by Crippen LogP contribution is -2.22. The van der Waals surface area contributed by atoms with Crippen LogP contribution in [0.3, 0.4) is 0 Å². The van der Waals surface area contributed by atoms with Gasteiger partial charge in [0.15, 0.2) is 0 Å². The molecule has 0 radical (unpaired) electrons. The lowest BCUT2D eigenvalue weighted by Gasteiger charge is -1.84. The first-order valence-corrected chi connectivity index (χ1v) is 2.06. The summed E-state index contributed by atoms with van der Waals surface area (Å²) in [7, 11) is 0. The summed E-state index contributed by atoms with van der Waals surface area (Å²) < 4.78 is 0. The highest BCUT2D eigenvalue weighted by Crippen LogP contribution is 1.50. The fraction of sp³-hybridized carbons (Fsp3) is 1.00. The zero-order valence-electron chi connectivity index (χ0n) is 2.94. The molecule has 0 atom stereocenters. The van der Waals surface area contributed by atoms with Gasteiger partial charge in [-0.1, -0.05) is 0 Å². The van der Waals surface area contributed by atoms with E-state index in [1.165, 1.54) is 0 Å². The molecule has 0 aliphatic rings. The molecular formula is CH7BN2S. The smallest absolute Gasteiger partial charge is 0.267 e. The standard InChI is InChI=1S/CH7BN2S/c3-1-4-2-5/h2,4-5H,1,3H2. The number of nitrogens with two attached hydrogens (primary N) is 1. The average molecular weight is 90.0 g/mol. The third-order valence-electron chi connectivity index (χ3n) is 0.256. The minimum Gasteiger partial charge on any atom is -0.338 e. The van der Waals surface area contributed by atoms with E-state index in [0.717, 1.165) is 0 Å². The molecule has 0 saturated carbocycles. The second kappa shape index (κ2) is 4.33. The predicted octanol–water partition coefficient (Wildman–Crippen LogP) is -1.31. The highest BCUT2D eigenvalue weighted by Gasteiger charge is 1.68. The molecular weight excluding hydrogens is 82.9 g/mol. The van der Waals surface area contributed by atoms with Crippen LogP contribution in [0.4, 0.5) is 0 Å². The molecule has 0 bridgehead atoms. The average Bonchev–Trinajstić information content (AvgIpc) is 1.41. The van der Waals surface area contributed by atoms with Crippen LogP contribution in [0.1, 0.15) is 0 Å². The van der Waals surface area contributed by atoms with Crippen molar-refractivity contribution in [1.29, 1.82) is 0 Å². The molecule has 0 rings (SSSR count). The topological polar surface area (TPSA) is 38.0 Å². The maximum Gasteiger partial charge on any atom is 0.267 e. The fourth-order valence-electron chi connectivity index (χ4n) is 0.0645. The van der Waals surface area contributed by atoms with Crippen molar-refractivity contribution in [2.24, 2.45) is 5.73 Å². The molecule has 0 aromatic rings. The molecule has 0 heterocycles. The van der Waals surface area contributed by atoms with Crippen molar-refractivity contribution in [1.82, 2.24) is 5.23 Å². The molecule has 0 spiro atoms. The minimum atomic E-state index is 0.517. The molecule has 0 amide bonds. The van der Waals surface area contributed by atoms with Crippen LogP contribution >= 0.6 is 12.5 Å². The van der Waals surface area contributed by atoms with E-state index in [9.17, 15) is 0 Å². The monoisotopic (exact) mass is 90.0 g/mol. The van der Waals surface area contributed by atoms with Crippen molar-refractivity contribution in [2.75, 3.05) is 6.67 Å².